The van der Waals surface area contributed by atoms with E-state index in [1.165, 1.54) is 306 Å². The molecule has 0 radical (unpaired) electrons. The first-order valence-corrected chi connectivity index (χ1v) is 36.0. The van der Waals surface area contributed by atoms with Gasteiger partial charge in [-0.25, -0.2) is 0 Å². The Morgan fingerprint density at radius 3 is 0.644 bits per heavy atom. The van der Waals surface area contributed by atoms with Crippen molar-refractivity contribution in [3.05, 3.63) is 108 Å². The van der Waals surface area contributed by atoms with Crippen molar-refractivity contribution in [2.24, 2.45) is 0 Å². The summed E-state index contributed by atoms with van der Waals surface area (Å²) in [5.41, 5.74) is 4.33. The fraction of sp³-hybridized carbons (Fsp3) is 0.766. The van der Waals surface area contributed by atoms with E-state index in [0.717, 1.165) is 6.54 Å². The molecule has 0 heterocycles. The minimum absolute atomic E-state index is 0. The topological polar surface area (TPSA) is 3.24 Å². The fourth-order valence-electron chi connectivity index (χ4n) is 12.1. The Morgan fingerprint density at radius 1 is 0.241 bits per heavy atom. The zero-order chi connectivity index (χ0) is 61.3. The number of hydrogen-bond acceptors (Lipinski definition) is 1. The molecule has 0 atom stereocenters. The van der Waals surface area contributed by atoms with Gasteiger partial charge in [0, 0.05) is 17.7 Å². The van der Waals surface area contributed by atoms with Crippen molar-refractivity contribution in [2.75, 3.05) is 106 Å². The smallest absolute Gasteiger partial charge is 0.104 e. The van der Waals surface area contributed by atoms with Crippen LogP contribution in [0, 0.1) is 0 Å². The monoisotopic (exact) mass is 1320 g/mol. The molecule has 0 aliphatic heterocycles. The lowest BCUT2D eigenvalue weighted by molar-refractivity contribution is -0.941. The van der Waals surface area contributed by atoms with Crippen LogP contribution in [0.3, 0.4) is 0 Å². The third-order valence-electron chi connectivity index (χ3n) is 17.9. The molecular weight excluding hydrogens is 1170 g/mol. The second-order valence-electron chi connectivity index (χ2n) is 25.6. The summed E-state index contributed by atoms with van der Waals surface area (Å²) in [5, 5.41) is 0. The van der Waals surface area contributed by atoms with Crippen molar-refractivity contribution in [1.29, 1.82) is 0 Å². The van der Waals surface area contributed by atoms with E-state index in [1.807, 2.05) is 6.07 Å². The lowest BCUT2D eigenvalue weighted by atomic mass is 10.1. The molecule has 0 aliphatic rings. The van der Waals surface area contributed by atoms with Crippen LogP contribution in [-0.2, 0) is 19.6 Å². The van der Waals surface area contributed by atoms with Crippen molar-refractivity contribution in [1.82, 2.24) is 4.90 Å². The van der Waals surface area contributed by atoms with Gasteiger partial charge in [0.05, 0.1) is 91.6 Å². The number of halogens is 5. The lowest BCUT2D eigenvalue weighted by Gasteiger charge is -2.39. The Bertz CT molecular complexity index is 1600. The highest BCUT2D eigenvalue weighted by atomic mass is 35.5. The molecule has 0 aromatic heterocycles. The van der Waals surface area contributed by atoms with Gasteiger partial charge in [-0.05, 0) is 137 Å². The predicted molar refractivity (Wildman–Crippen MR) is 380 cm³/mol. The second-order valence-corrected chi connectivity index (χ2v) is 25.6. The number of rotatable bonds is 46. The van der Waals surface area contributed by atoms with Crippen molar-refractivity contribution in [2.45, 2.75) is 284 Å². The second kappa shape index (κ2) is 69.3. The van der Waals surface area contributed by atoms with E-state index in [9.17, 15) is 0 Å². The van der Waals surface area contributed by atoms with Crippen LogP contribution in [-0.4, -0.2) is 129 Å². The number of hydrogen-bond donors (Lipinski definition) is 0. The largest absolute Gasteiger partial charge is 1.00 e. The Hall–Kier alpha value is -1.09. The fourth-order valence-corrected chi connectivity index (χ4v) is 12.1. The van der Waals surface area contributed by atoms with Crippen LogP contribution >= 0.6 is 12.4 Å². The number of unbranched alkanes of at least 4 members (excludes halogenated alkanes) is 15. The quantitative estimate of drug-likeness (QED) is 0.0403. The minimum atomic E-state index is 0. The predicted octanol–water partition coefficient (Wildman–Crippen LogP) is 10.2. The van der Waals surface area contributed by atoms with Gasteiger partial charge in [0.15, 0.2) is 0 Å². The lowest BCUT2D eigenvalue weighted by Crippen LogP contribution is -3.00. The van der Waals surface area contributed by atoms with E-state index < -0.39 is 0 Å². The van der Waals surface area contributed by atoms with Gasteiger partial charge in [0.1, 0.15) is 13.1 Å². The van der Waals surface area contributed by atoms with Gasteiger partial charge in [-0.2, -0.15) is 0 Å². The van der Waals surface area contributed by atoms with Gasteiger partial charge in [-0.3, -0.25) is 0 Å². The first-order valence-electron chi connectivity index (χ1n) is 36.0. The molecule has 0 unspecified atom stereocenters. The van der Waals surface area contributed by atoms with E-state index in [4.69, 9.17) is 0 Å². The number of benzene rings is 3. The zero-order valence-corrected chi connectivity index (χ0v) is 64.6. The Labute approximate surface area is 578 Å². The van der Waals surface area contributed by atoms with Crippen molar-refractivity contribution in [3.8, 4) is 0 Å². The van der Waals surface area contributed by atoms with Crippen LogP contribution in [0.25, 0.3) is 0 Å². The Kier molecular flexibility index (Phi) is 79.2. The highest BCUT2D eigenvalue weighted by Gasteiger charge is 2.28. The van der Waals surface area contributed by atoms with Gasteiger partial charge in [0.2, 0.25) is 0 Å². The summed E-state index contributed by atoms with van der Waals surface area (Å²) < 4.78 is 5.37. The minimum Gasteiger partial charge on any atom is -1.00 e. The molecule has 0 N–H and O–H groups in total. The molecule has 0 spiro atoms. The highest BCUT2D eigenvalue weighted by molar-refractivity contribution is 5.85. The summed E-state index contributed by atoms with van der Waals surface area (Å²) >= 11 is 0. The van der Waals surface area contributed by atoms with Crippen molar-refractivity contribution in [3.63, 3.8) is 0 Å². The summed E-state index contributed by atoms with van der Waals surface area (Å²) in [6.45, 7) is 55.1. The van der Waals surface area contributed by atoms with Crippen LogP contribution in [0.5, 0.6) is 0 Å². The third-order valence-corrected chi connectivity index (χ3v) is 17.9. The molecule has 0 saturated heterocycles. The first kappa shape index (κ1) is 99.5. The zero-order valence-electron chi connectivity index (χ0n) is 60.7. The molecule has 0 amide bonds. The molecule has 518 valence electrons. The van der Waals surface area contributed by atoms with E-state index in [2.05, 4.69) is 201 Å². The molecule has 87 heavy (non-hydrogen) atoms. The van der Waals surface area contributed by atoms with E-state index in [-0.39, 0.29) is 62.0 Å². The van der Waals surface area contributed by atoms with Gasteiger partial charge in [-0.1, -0.05) is 238 Å². The average molecular weight is 1320 g/mol. The summed E-state index contributed by atoms with van der Waals surface area (Å²) in [7, 11) is 4.15. The van der Waals surface area contributed by atoms with Gasteiger partial charge >= 0.3 is 0 Å². The van der Waals surface area contributed by atoms with Crippen LogP contribution in [0.2, 0.25) is 0 Å². The number of quaternary nitrogens is 4. The van der Waals surface area contributed by atoms with Crippen LogP contribution in [0.1, 0.15) is 281 Å². The van der Waals surface area contributed by atoms with Gasteiger partial charge in [-0.15, -0.1) is 12.4 Å². The molecule has 10 heteroatoms. The van der Waals surface area contributed by atoms with E-state index >= 15 is 0 Å². The van der Waals surface area contributed by atoms with Crippen LogP contribution in [0.15, 0.2) is 91.0 Å². The average Bonchev–Trinajstić information content (AvgIpc) is 3.50. The third kappa shape index (κ3) is 53.0. The molecule has 0 saturated carbocycles. The molecule has 5 nitrogen and oxygen atoms in total. The summed E-state index contributed by atoms with van der Waals surface area (Å²) in [6, 6.07) is 32.4. The van der Waals surface area contributed by atoms with Crippen molar-refractivity contribution >= 4 is 12.4 Å². The van der Waals surface area contributed by atoms with Crippen LogP contribution in [0.4, 0.5) is 0 Å². The molecule has 0 fully saturated rings. The first-order chi connectivity index (χ1) is 39.8. The van der Waals surface area contributed by atoms with Gasteiger partial charge in [0.25, 0.3) is 0 Å². The summed E-state index contributed by atoms with van der Waals surface area (Å²) in [5.74, 6) is 0. The maximum absolute atomic E-state index is 2.33. The highest BCUT2D eigenvalue weighted by Crippen LogP contribution is 2.22. The molecule has 3 aromatic carbocycles. The molecule has 0 bridgehead atoms. The maximum atomic E-state index is 2.33. The van der Waals surface area contributed by atoms with E-state index in [1.54, 1.807) is 0 Å². The van der Waals surface area contributed by atoms with Crippen LogP contribution < -0.4 is 49.6 Å². The van der Waals surface area contributed by atoms with Crippen molar-refractivity contribution < 1.29 is 67.6 Å². The molecular formula is C77H150Cl5N5. The molecule has 0 aliphatic carbocycles. The molecule has 3 aromatic rings. The Morgan fingerprint density at radius 2 is 0.437 bits per heavy atom. The standard InChI is InChI=1S/C20H44N.C19H34N.C16H36N.C13H22N.C9H13N.5ClH/c1-5-9-13-17-21(18-14-10-6-2,19-15-11-7-3)20-16-12-8-4;1-4-7-15-20(16-8-5-2,17-9-6-3)18-19-13-11-10-12-14-19;1-5-9-13-17(14-10-6-2,15-11-7-3)16-12-8-4;1-4-14(5-2,6-3)12-13-10-8-7-9-11-13;1-10(2)8-9-6-4-3-5-7-9;;;;;/h5-20H2,1-4H3;10-14H,4-9,15-18H2,1-3H3;5-16H2,1-4H3;7-11H,4-6,12H2,1-3H3;3-7H,8H2,1-2H3;5*1H/q4*+1;;;;;;/p-4. The summed E-state index contributed by atoms with van der Waals surface area (Å²) in [6.07, 6.45) is 36.0. The molecule has 3 rings (SSSR count). The maximum Gasteiger partial charge on any atom is 0.104 e. The SMILES string of the molecule is CCCCC[N+](CCCCC)(CCCCC)CCCCC.CCCC[N+](CCCC)(CCCC)CCCC.CCCC[N+](CCCC)(CCCC)Cc1ccccc1.CC[N+](CC)(CC)Cc1ccccc1.CN(C)Cc1ccccc1.Cl.[Cl-].[Cl-].[Cl-].[Cl-]. The van der Waals surface area contributed by atoms with Gasteiger partial charge < -0.3 is 72.5 Å². The summed E-state index contributed by atoms with van der Waals surface area (Å²) in [4.78, 5) is 2.16. The Balaban J connectivity index is -0.000000184. The van der Waals surface area contributed by atoms with E-state index in [0.29, 0.717) is 0 Å². The number of nitrogens with zero attached hydrogens (tertiary/aromatic N) is 5. The normalized spacial score (nSPS) is 11.0.